The van der Waals surface area contributed by atoms with Gasteiger partial charge in [0.15, 0.2) is 0 Å². The van der Waals surface area contributed by atoms with Crippen LogP contribution < -0.4 is 4.90 Å². The first-order valence-corrected chi connectivity index (χ1v) is 6.44. The van der Waals surface area contributed by atoms with E-state index in [1.807, 2.05) is 18.2 Å². The van der Waals surface area contributed by atoms with Crippen LogP contribution in [0, 0.1) is 6.07 Å². The van der Waals surface area contributed by atoms with Crippen LogP contribution in [0.5, 0.6) is 0 Å². The summed E-state index contributed by atoms with van der Waals surface area (Å²) in [6.07, 6.45) is -3.30. The lowest BCUT2D eigenvalue weighted by Crippen LogP contribution is -2.19. The van der Waals surface area contributed by atoms with Crippen molar-refractivity contribution >= 4 is 5.69 Å². The monoisotopic (exact) mass is 276 g/mol. The van der Waals surface area contributed by atoms with Gasteiger partial charge in [0.05, 0.1) is 5.56 Å². The SMILES string of the molecule is FC(F)(F)c1ccc(CN2CCc3c[c]ccc32)cc1. The lowest BCUT2D eigenvalue weighted by atomic mass is 10.1. The van der Waals surface area contributed by atoms with Crippen molar-refractivity contribution in [2.75, 3.05) is 11.4 Å². The predicted molar refractivity (Wildman–Crippen MR) is 71.5 cm³/mol. The van der Waals surface area contributed by atoms with Gasteiger partial charge in [-0.1, -0.05) is 18.2 Å². The average molecular weight is 276 g/mol. The lowest BCUT2D eigenvalue weighted by molar-refractivity contribution is -0.137. The average Bonchev–Trinajstić information content (AvgIpc) is 2.82. The molecule has 1 radical (unpaired) electrons. The van der Waals surface area contributed by atoms with Crippen LogP contribution in [0.4, 0.5) is 18.9 Å². The second kappa shape index (κ2) is 4.85. The highest BCUT2D eigenvalue weighted by Gasteiger charge is 2.30. The molecule has 0 saturated carbocycles. The molecule has 20 heavy (non-hydrogen) atoms. The van der Waals surface area contributed by atoms with Crippen molar-refractivity contribution in [2.24, 2.45) is 0 Å². The summed E-state index contributed by atoms with van der Waals surface area (Å²) in [6, 6.07) is 14.3. The molecule has 0 saturated heterocycles. The molecule has 0 N–H and O–H groups in total. The molecule has 0 fully saturated rings. The van der Waals surface area contributed by atoms with Gasteiger partial charge in [0.2, 0.25) is 0 Å². The highest BCUT2D eigenvalue weighted by Crippen LogP contribution is 2.31. The zero-order valence-corrected chi connectivity index (χ0v) is 10.7. The summed E-state index contributed by atoms with van der Waals surface area (Å²) in [4.78, 5) is 2.19. The first-order chi connectivity index (χ1) is 9.54. The molecule has 0 bridgehead atoms. The van der Waals surface area contributed by atoms with E-state index in [2.05, 4.69) is 11.0 Å². The molecule has 1 aliphatic heterocycles. The Morgan fingerprint density at radius 1 is 1.10 bits per heavy atom. The van der Waals surface area contributed by atoms with Crippen LogP contribution in [0.3, 0.4) is 0 Å². The maximum Gasteiger partial charge on any atom is 0.416 e. The molecule has 3 rings (SSSR count). The number of benzene rings is 2. The Morgan fingerprint density at radius 3 is 2.55 bits per heavy atom. The molecule has 0 amide bonds. The minimum atomic E-state index is -4.27. The Labute approximate surface area is 115 Å². The quantitative estimate of drug-likeness (QED) is 0.799. The smallest absolute Gasteiger partial charge is 0.367 e. The van der Waals surface area contributed by atoms with Gasteiger partial charge in [0.25, 0.3) is 0 Å². The molecule has 4 heteroatoms. The van der Waals surface area contributed by atoms with Crippen LogP contribution in [-0.4, -0.2) is 6.54 Å². The number of nitrogens with zero attached hydrogens (tertiary/aromatic N) is 1. The van der Waals surface area contributed by atoms with Crippen molar-refractivity contribution < 1.29 is 13.2 Å². The van der Waals surface area contributed by atoms with Gasteiger partial charge in [-0.2, -0.15) is 13.2 Å². The second-order valence-corrected chi connectivity index (χ2v) is 4.92. The summed E-state index contributed by atoms with van der Waals surface area (Å²) in [5.41, 5.74) is 2.69. The minimum absolute atomic E-state index is 0.599. The summed E-state index contributed by atoms with van der Waals surface area (Å²) < 4.78 is 37.5. The summed E-state index contributed by atoms with van der Waals surface area (Å²) in [7, 11) is 0. The van der Waals surface area contributed by atoms with Crippen LogP contribution in [-0.2, 0) is 19.1 Å². The van der Waals surface area contributed by atoms with Gasteiger partial charge in [-0.3, -0.25) is 0 Å². The Kier molecular flexibility index (Phi) is 3.16. The normalized spacial score (nSPS) is 14.4. The molecule has 103 valence electrons. The van der Waals surface area contributed by atoms with Crippen molar-refractivity contribution in [1.82, 2.24) is 0 Å². The Hall–Kier alpha value is -1.97. The highest BCUT2D eigenvalue weighted by molar-refractivity contribution is 5.57. The zero-order chi connectivity index (χ0) is 14.2. The number of anilines is 1. The number of hydrogen-bond donors (Lipinski definition) is 0. The van der Waals surface area contributed by atoms with Crippen molar-refractivity contribution in [3.05, 3.63) is 65.2 Å². The number of fused-ring (bicyclic) bond motifs is 1. The number of alkyl halides is 3. The Balaban J connectivity index is 1.76. The fourth-order valence-corrected chi connectivity index (χ4v) is 2.53. The predicted octanol–water partition coefficient (Wildman–Crippen LogP) is 4.07. The van der Waals surface area contributed by atoms with Gasteiger partial charge in [-0.25, -0.2) is 0 Å². The summed E-state index contributed by atoms with van der Waals surface area (Å²) >= 11 is 0. The maximum atomic E-state index is 12.5. The number of hydrogen-bond acceptors (Lipinski definition) is 1. The molecule has 1 heterocycles. The van der Waals surface area contributed by atoms with Crippen LogP contribution in [0.25, 0.3) is 0 Å². The molecule has 1 aliphatic rings. The topological polar surface area (TPSA) is 3.24 Å². The fourth-order valence-electron chi connectivity index (χ4n) is 2.53. The van der Waals surface area contributed by atoms with Gasteiger partial charge in [-0.05, 0) is 47.9 Å². The van der Waals surface area contributed by atoms with E-state index in [-0.39, 0.29) is 0 Å². The summed E-state index contributed by atoms with van der Waals surface area (Å²) in [5, 5.41) is 0. The van der Waals surface area contributed by atoms with E-state index in [0.29, 0.717) is 6.54 Å². The second-order valence-electron chi connectivity index (χ2n) is 4.92. The van der Waals surface area contributed by atoms with E-state index in [1.54, 1.807) is 12.1 Å². The molecule has 2 aromatic carbocycles. The number of rotatable bonds is 2. The van der Waals surface area contributed by atoms with E-state index in [9.17, 15) is 13.2 Å². The minimum Gasteiger partial charge on any atom is -0.367 e. The first-order valence-electron chi connectivity index (χ1n) is 6.44. The fraction of sp³-hybridized carbons (Fsp3) is 0.250. The third-order valence-corrected chi connectivity index (χ3v) is 3.57. The lowest BCUT2D eigenvalue weighted by Gasteiger charge is -2.19. The van der Waals surface area contributed by atoms with Crippen molar-refractivity contribution in [3.63, 3.8) is 0 Å². The third-order valence-electron chi connectivity index (χ3n) is 3.57. The van der Waals surface area contributed by atoms with E-state index >= 15 is 0 Å². The molecule has 2 aromatic rings. The summed E-state index contributed by atoms with van der Waals surface area (Å²) in [5.74, 6) is 0. The van der Waals surface area contributed by atoms with E-state index in [0.717, 1.165) is 36.3 Å². The molecule has 0 unspecified atom stereocenters. The van der Waals surface area contributed by atoms with Crippen molar-refractivity contribution in [3.8, 4) is 0 Å². The Bertz CT molecular complexity index is 602. The molecular formula is C16H13F3N. The molecule has 1 nitrogen and oxygen atoms in total. The molecule has 0 atom stereocenters. The standard InChI is InChI=1S/C16H13F3N/c17-16(18,19)14-7-5-12(6-8-14)11-20-10-9-13-3-1-2-4-15(13)20/h2-8H,9-11H2. The van der Waals surface area contributed by atoms with Crippen LogP contribution in [0.1, 0.15) is 16.7 Å². The van der Waals surface area contributed by atoms with Crippen LogP contribution >= 0.6 is 0 Å². The van der Waals surface area contributed by atoms with E-state index in [1.165, 1.54) is 5.56 Å². The van der Waals surface area contributed by atoms with Crippen LogP contribution in [0.2, 0.25) is 0 Å². The van der Waals surface area contributed by atoms with Gasteiger partial charge in [0, 0.05) is 18.8 Å². The van der Waals surface area contributed by atoms with E-state index < -0.39 is 11.7 Å². The van der Waals surface area contributed by atoms with Crippen molar-refractivity contribution in [1.29, 1.82) is 0 Å². The molecule has 0 spiro atoms. The number of halogens is 3. The largest absolute Gasteiger partial charge is 0.416 e. The maximum absolute atomic E-state index is 12.5. The molecule has 0 aliphatic carbocycles. The van der Waals surface area contributed by atoms with Crippen molar-refractivity contribution in [2.45, 2.75) is 19.1 Å². The van der Waals surface area contributed by atoms with Gasteiger partial charge in [0.1, 0.15) is 0 Å². The van der Waals surface area contributed by atoms with E-state index in [4.69, 9.17) is 0 Å². The Morgan fingerprint density at radius 2 is 1.85 bits per heavy atom. The van der Waals surface area contributed by atoms with Gasteiger partial charge in [-0.15, -0.1) is 0 Å². The first kappa shape index (κ1) is 13.0. The van der Waals surface area contributed by atoms with Gasteiger partial charge < -0.3 is 4.90 Å². The highest BCUT2D eigenvalue weighted by atomic mass is 19.4. The zero-order valence-electron chi connectivity index (χ0n) is 10.7. The molecular weight excluding hydrogens is 263 g/mol. The van der Waals surface area contributed by atoms with Gasteiger partial charge >= 0.3 is 6.18 Å². The third kappa shape index (κ3) is 2.50. The summed E-state index contributed by atoms with van der Waals surface area (Å²) in [6.45, 7) is 1.53. The van der Waals surface area contributed by atoms with Crippen LogP contribution in [0.15, 0.2) is 42.5 Å². The molecule has 0 aromatic heterocycles.